The van der Waals surface area contributed by atoms with E-state index in [0.717, 1.165) is 4.90 Å². The molecule has 0 radical (unpaired) electrons. The Balaban J connectivity index is 1.98. The summed E-state index contributed by atoms with van der Waals surface area (Å²) in [4.78, 5) is 25.9. The fourth-order valence-corrected chi connectivity index (χ4v) is 2.68. The molecule has 3 rings (SSSR count). The van der Waals surface area contributed by atoms with Crippen LogP contribution in [0, 0.1) is 0 Å². The third kappa shape index (κ3) is 3.29. The second-order valence-electron chi connectivity index (χ2n) is 5.22. The average Bonchev–Trinajstić information content (AvgIpc) is 2.88. The van der Waals surface area contributed by atoms with Gasteiger partial charge in [0.1, 0.15) is 17.2 Å². The number of nitrogens with one attached hydrogen (secondary N) is 1. The molecular weight excluding hydrogens is 344 g/mol. The van der Waals surface area contributed by atoms with Gasteiger partial charge in [-0.25, -0.2) is 9.69 Å². The summed E-state index contributed by atoms with van der Waals surface area (Å²) in [6.45, 7) is 0. The summed E-state index contributed by atoms with van der Waals surface area (Å²) < 4.78 is 10.5. The van der Waals surface area contributed by atoms with Gasteiger partial charge in [0.05, 0.1) is 19.9 Å². The molecule has 7 heteroatoms. The monoisotopic (exact) mass is 358 g/mol. The van der Waals surface area contributed by atoms with Crippen molar-refractivity contribution in [3.05, 3.63) is 58.7 Å². The van der Waals surface area contributed by atoms with Gasteiger partial charge in [-0.3, -0.25) is 4.79 Å². The van der Waals surface area contributed by atoms with Crippen LogP contribution in [-0.2, 0) is 4.79 Å². The van der Waals surface area contributed by atoms with Gasteiger partial charge in [-0.05, 0) is 42.5 Å². The molecule has 2 aromatic rings. The Labute approximate surface area is 149 Å². The van der Waals surface area contributed by atoms with Crippen molar-refractivity contribution < 1.29 is 19.1 Å². The van der Waals surface area contributed by atoms with E-state index >= 15 is 0 Å². The summed E-state index contributed by atoms with van der Waals surface area (Å²) in [5.41, 5.74) is 1.14. The van der Waals surface area contributed by atoms with Gasteiger partial charge < -0.3 is 14.8 Å². The first-order valence-corrected chi connectivity index (χ1v) is 7.76. The molecule has 0 spiro atoms. The number of nitrogens with zero attached hydrogens (tertiary/aromatic N) is 1. The van der Waals surface area contributed by atoms with E-state index in [0.29, 0.717) is 27.8 Å². The van der Waals surface area contributed by atoms with Crippen LogP contribution in [-0.4, -0.2) is 26.2 Å². The molecule has 25 heavy (non-hydrogen) atoms. The third-order valence-electron chi connectivity index (χ3n) is 3.68. The zero-order chi connectivity index (χ0) is 18.0. The molecular formula is C18H15ClN2O4. The van der Waals surface area contributed by atoms with Crippen LogP contribution in [0.2, 0.25) is 5.02 Å². The number of carbonyl (C=O) groups is 2. The topological polar surface area (TPSA) is 67.9 Å². The van der Waals surface area contributed by atoms with Gasteiger partial charge in [-0.15, -0.1) is 0 Å². The molecule has 0 atom stereocenters. The fraction of sp³-hybridized carbons (Fsp3) is 0.111. The number of imide groups is 1. The Bertz CT molecular complexity index is 879. The summed E-state index contributed by atoms with van der Waals surface area (Å²) in [6.07, 6.45) is 1.55. The van der Waals surface area contributed by atoms with Crippen molar-refractivity contribution in [3.8, 4) is 11.5 Å². The van der Waals surface area contributed by atoms with Crippen LogP contribution in [0.25, 0.3) is 6.08 Å². The zero-order valence-corrected chi connectivity index (χ0v) is 14.3. The molecule has 1 heterocycles. The van der Waals surface area contributed by atoms with Crippen molar-refractivity contribution in [1.29, 1.82) is 0 Å². The zero-order valence-electron chi connectivity index (χ0n) is 13.6. The number of hydrogen-bond acceptors (Lipinski definition) is 4. The smallest absolute Gasteiger partial charge is 0.333 e. The number of anilines is 1. The van der Waals surface area contributed by atoms with E-state index in [9.17, 15) is 9.59 Å². The second-order valence-corrected chi connectivity index (χ2v) is 5.65. The lowest BCUT2D eigenvalue weighted by molar-refractivity contribution is -0.113. The minimum atomic E-state index is -0.541. The van der Waals surface area contributed by atoms with Crippen LogP contribution in [0.5, 0.6) is 11.5 Å². The molecule has 3 amide bonds. The van der Waals surface area contributed by atoms with Gasteiger partial charge in [0.25, 0.3) is 5.91 Å². The number of carbonyl (C=O) groups excluding carboxylic acids is 2. The molecule has 1 saturated heterocycles. The van der Waals surface area contributed by atoms with Crippen LogP contribution in [0.1, 0.15) is 5.56 Å². The summed E-state index contributed by atoms with van der Waals surface area (Å²) in [7, 11) is 3.07. The van der Waals surface area contributed by atoms with Crippen molar-refractivity contribution in [2.75, 3.05) is 19.1 Å². The number of ether oxygens (including phenoxy) is 2. The molecule has 1 fully saturated rings. The minimum Gasteiger partial charge on any atom is -0.497 e. The molecule has 1 N–H and O–H groups in total. The lowest BCUT2D eigenvalue weighted by Crippen LogP contribution is -2.30. The van der Waals surface area contributed by atoms with E-state index in [1.165, 1.54) is 7.11 Å². The molecule has 0 saturated carbocycles. The molecule has 128 valence electrons. The molecule has 0 aromatic heterocycles. The number of methoxy groups -OCH3 is 2. The summed E-state index contributed by atoms with van der Waals surface area (Å²) in [5.74, 6) is 0.685. The Hall–Kier alpha value is -2.99. The maximum Gasteiger partial charge on any atom is 0.333 e. The van der Waals surface area contributed by atoms with Crippen molar-refractivity contribution in [3.63, 3.8) is 0 Å². The van der Waals surface area contributed by atoms with Crippen molar-refractivity contribution in [2.45, 2.75) is 0 Å². The highest BCUT2D eigenvalue weighted by Gasteiger charge is 2.35. The Morgan fingerprint density at radius 3 is 2.56 bits per heavy atom. The van der Waals surface area contributed by atoms with E-state index < -0.39 is 11.9 Å². The highest BCUT2D eigenvalue weighted by molar-refractivity contribution is 6.32. The Morgan fingerprint density at radius 2 is 1.88 bits per heavy atom. The number of hydrogen-bond donors (Lipinski definition) is 1. The molecule has 6 nitrogen and oxygen atoms in total. The maximum absolute atomic E-state index is 12.6. The normalized spacial score (nSPS) is 15.5. The number of benzene rings is 2. The Kier molecular flexibility index (Phi) is 4.63. The molecule has 0 unspecified atom stereocenters. The number of halogens is 1. The quantitative estimate of drug-likeness (QED) is 0.671. The summed E-state index contributed by atoms with van der Waals surface area (Å²) >= 11 is 5.94. The standard InChI is InChI=1S/C18H15ClN2O4/c1-24-14-6-7-16(25-2)11(8-14)9-15-17(22)21(18(23)20-15)13-5-3-4-12(19)10-13/h3-10H,1-2H3,(H,20,23)/b15-9+. The average molecular weight is 359 g/mol. The lowest BCUT2D eigenvalue weighted by atomic mass is 10.1. The Morgan fingerprint density at radius 1 is 1.08 bits per heavy atom. The van der Waals surface area contributed by atoms with Crippen molar-refractivity contribution >= 4 is 35.3 Å². The van der Waals surface area contributed by atoms with Gasteiger partial charge in [0.2, 0.25) is 0 Å². The molecule has 2 aromatic carbocycles. The third-order valence-corrected chi connectivity index (χ3v) is 3.92. The van der Waals surface area contributed by atoms with Crippen LogP contribution in [0.3, 0.4) is 0 Å². The maximum atomic E-state index is 12.6. The van der Waals surface area contributed by atoms with E-state index in [4.69, 9.17) is 21.1 Å². The predicted octanol–water partition coefficient (Wildman–Crippen LogP) is 3.45. The van der Waals surface area contributed by atoms with E-state index in [1.807, 2.05) is 0 Å². The highest BCUT2D eigenvalue weighted by Crippen LogP contribution is 2.29. The lowest BCUT2D eigenvalue weighted by Gasteiger charge is -2.11. The molecule has 0 bridgehead atoms. The first kappa shape index (κ1) is 16.9. The fourth-order valence-electron chi connectivity index (χ4n) is 2.49. The predicted molar refractivity (Wildman–Crippen MR) is 95.0 cm³/mol. The van der Waals surface area contributed by atoms with E-state index in [2.05, 4.69) is 5.32 Å². The van der Waals surface area contributed by atoms with Crippen LogP contribution < -0.4 is 19.7 Å². The number of amides is 3. The van der Waals surface area contributed by atoms with Gasteiger partial charge >= 0.3 is 6.03 Å². The van der Waals surface area contributed by atoms with Gasteiger partial charge in [0.15, 0.2) is 0 Å². The molecule has 1 aliphatic heterocycles. The van der Waals surface area contributed by atoms with Crippen LogP contribution in [0.15, 0.2) is 48.2 Å². The van der Waals surface area contributed by atoms with Crippen LogP contribution >= 0.6 is 11.6 Å². The first-order valence-electron chi connectivity index (χ1n) is 7.38. The largest absolute Gasteiger partial charge is 0.497 e. The summed E-state index contributed by atoms with van der Waals surface area (Å²) in [5, 5.41) is 3.00. The van der Waals surface area contributed by atoms with Crippen molar-refractivity contribution in [2.24, 2.45) is 0 Å². The minimum absolute atomic E-state index is 0.136. The van der Waals surface area contributed by atoms with Gasteiger partial charge in [-0.1, -0.05) is 17.7 Å². The molecule has 0 aliphatic carbocycles. The SMILES string of the molecule is COc1ccc(OC)c(/C=C2/NC(=O)N(c3cccc(Cl)c3)C2=O)c1. The number of rotatable bonds is 4. The summed E-state index contributed by atoms with van der Waals surface area (Å²) in [6, 6.07) is 11.2. The van der Waals surface area contributed by atoms with Crippen LogP contribution in [0.4, 0.5) is 10.5 Å². The van der Waals surface area contributed by atoms with E-state index in [-0.39, 0.29) is 5.70 Å². The van der Waals surface area contributed by atoms with Gasteiger partial charge in [-0.2, -0.15) is 0 Å². The van der Waals surface area contributed by atoms with Gasteiger partial charge in [0, 0.05) is 10.6 Å². The second kappa shape index (κ2) is 6.86. The van der Waals surface area contributed by atoms with Crippen molar-refractivity contribution in [1.82, 2.24) is 5.32 Å². The molecule has 1 aliphatic rings. The number of urea groups is 1. The first-order chi connectivity index (χ1) is 12.0. The van der Waals surface area contributed by atoms with E-state index in [1.54, 1.807) is 55.7 Å². The highest BCUT2D eigenvalue weighted by atomic mass is 35.5.